The van der Waals surface area contributed by atoms with Gasteiger partial charge in [0.2, 0.25) is 0 Å². The quantitative estimate of drug-likeness (QED) is 0.924. The van der Waals surface area contributed by atoms with E-state index >= 15 is 0 Å². The highest BCUT2D eigenvalue weighted by Crippen LogP contribution is 2.41. The highest BCUT2D eigenvalue weighted by Gasteiger charge is 2.24. The largest absolute Gasteiger partial charge is 0.496 e. The van der Waals surface area contributed by atoms with Crippen LogP contribution in [0, 0.1) is 0 Å². The van der Waals surface area contributed by atoms with Gasteiger partial charge in [0, 0.05) is 37.2 Å². The van der Waals surface area contributed by atoms with Crippen LogP contribution in [0.5, 0.6) is 11.5 Å². The second-order valence-electron chi connectivity index (χ2n) is 6.00. The predicted octanol–water partition coefficient (Wildman–Crippen LogP) is 2.77. The summed E-state index contributed by atoms with van der Waals surface area (Å²) < 4.78 is 11.4. The van der Waals surface area contributed by atoms with Gasteiger partial charge in [-0.05, 0) is 38.3 Å². The van der Waals surface area contributed by atoms with Crippen molar-refractivity contribution in [1.29, 1.82) is 0 Å². The summed E-state index contributed by atoms with van der Waals surface area (Å²) in [5.41, 5.74) is 2.46. The fourth-order valence-corrected chi connectivity index (χ4v) is 3.55. The zero-order valence-electron chi connectivity index (χ0n) is 13.2. The van der Waals surface area contributed by atoms with Gasteiger partial charge >= 0.3 is 0 Å². The molecule has 0 radical (unpaired) electrons. The first-order valence-corrected chi connectivity index (χ1v) is 8.05. The number of hydrogen-bond acceptors (Lipinski definition) is 4. The molecule has 1 aromatic carbocycles. The molecule has 3 rings (SSSR count). The van der Waals surface area contributed by atoms with E-state index in [1.165, 1.54) is 36.9 Å². The van der Waals surface area contributed by atoms with Crippen LogP contribution in [0.15, 0.2) is 12.1 Å². The van der Waals surface area contributed by atoms with E-state index in [4.69, 9.17) is 9.47 Å². The maximum Gasteiger partial charge on any atom is 0.142 e. The first-order chi connectivity index (χ1) is 10.3. The molecule has 116 valence electrons. The van der Waals surface area contributed by atoms with Crippen LogP contribution in [-0.4, -0.2) is 40.4 Å². The number of methoxy groups -OCH3 is 2. The van der Waals surface area contributed by atoms with Crippen LogP contribution in [0.25, 0.3) is 0 Å². The third-order valence-corrected chi connectivity index (χ3v) is 4.71. The molecule has 1 unspecified atom stereocenters. The molecule has 4 heteroatoms. The second-order valence-corrected chi connectivity index (χ2v) is 6.00. The number of anilines is 1. The van der Waals surface area contributed by atoms with E-state index in [0.717, 1.165) is 37.7 Å². The average Bonchev–Trinajstić information content (AvgIpc) is 3.08. The van der Waals surface area contributed by atoms with Crippen LogP contribution >= 0.6 is 0 Å². The highest BCUT2D eigenvalue weighted by molar-refractivity contribution is 5.65. The molecule has 2 saturated heterocycles. The normalized spacial score (nSPS) is 22.4. The Morgan fingerprint density at radius 1 is 1.05 bits per heavy atom. The summed E-state index contributed by atoms with van der Waals surface area (Å²) in [4.78, 5) is 2.41. The Labute approximate surface area is 127 Å². The highest BCUT2D eigenvalue weighted by atomic mass is 16.5. The van der Waals surface area contributed by atoms with Gasteiger partial charge in [0.15, 0.2) is 0 Å². The molecule has 2 heterocycles. The zero-order chi connectivity index (χ0) is 14.7. The topological polar surface area (TPSA) is 33.7 Å². The van der Waals surface area contributed by atoms with Crippen molar-refractivity contribution in [2.45, 2.75) is 31.6 Å². The SMILES string of the molecule is COc1cc(N2CCCC2)c(OC)cc1C1CCCNC1. The first-order valence-electron chi connectivity index (χ1n) is 8.05. The van der Waals surface area contributed by atoms with Gasteiger partial charge in [0.1, 0.15) is 11.5 Å². The Morgan fingerprint density at radius 3 is 2.43 bits per heavy atom. The molecule has 1 atom stereocenters. The standard InChI is InChI=1S/C17H26N2O2/c1-20-16-11-15(19-8-3-4-9-19)17(21-2)10-14(16)13-6-5-7-18-12-13/h10-11,13,18H,3-9,12H2,1-2H3. The van der Waals surface area contributed by atoms with Gasteiger partial charge in [-0.2, -0.15) is 0 Å². The summed E-state index contributed by atoms with van der Waals surface area (Å²) >= 11 is 0. The molecule has 4 nitrogen and oxygen atoms in total. The van der Waals surface area contributed by atoms with Crippen molar-refractivity contribution < 1.29 is 9.47 Å². The maximum atomic E-state index is 5.69. The van der Waals surface area contributed by atoms with E-state index < -0.39 is 0 Å². The minimum Gasteiger partial charge on any atom is -0.496 e. The van der Waals surface area contributed by atoms with Crippen LogP contribution in [0.3, 0.4) is 0 Å². The van der Waals surface area contributed by atoms with Gasteiger partial charge in [-0.3, -0.25) is 0 Å². The molecule has 2 aliphatic heterocycles. The predicted molar refractivity (Wildman–Crippen MR) is 85.8 cm³/mol. The van der Waals surface area contributed by atoms with E-state index in [-0.39, 0.29) is 0 Å². The molecule has 0 saturated carbocycles. The lowest BCUT2D eigenvalue weighted by Gasteiger charge is -2.27. The van der Waals surface area contributed by atoms with E-state index in [9.17, 15) is 0 Å². The molecule has 1 aromatic rings. The van der Waals surface area contributed by atoms with Crippen molar-refractivity contribution in [1.82, 2.24) is 5.32 Å². The van der Waals surface area contributed by atoms with Gasteiger partial charge in [0.05, 0.1) is 19.9 Å². The van der Waals surface area contributed by atoms with E-state index in [2.05, 4.69) is 22.3 Å². The molecule has 0 spiro atoms. The molecule has 0 amide bonds. The van der Waals surface area contributed by atoms with Gasteiger partial charge < -0.3 is 19.7 Å². The van der Waals surface area contributed by atoms with Crippen molar-refractivity contribution in [2.75, 3.05) is 45.3 Å². The number of hydrogen-bond donors (Lipinski definition) is 1. The minimum atomic E-state index is 0.523. The third-order valence-electron chi connectivity index (χ3n) is 4.71. The lowest BCUT2D eigenvalue weighted by atomic mass is 9.90. The van der Waals surface area contributed by atoms with Gasteiger partial charge in [-0.25, -0.2) is 0 Å². The smallest absolute Gasteiger partial charge is 0.142 e. The summed E-state index contributed by atoms with van der Waals surface area (Å²) in [6.45, 7) is 4.39. The Hall–Kier alpha value is -1.42. The van der Waals surface area contributed by atoms with Crippen LogP contribution < -0.4 is 19.7 Å². The Bertz CT molecular complexity index is 478. The minimum absolute atomic E-state index is 0.523. The molecule has 0 bridgehead atoms. The van der Waals surface area contributed by atoms with Crippen molar-refractivity contribution in [3.8, 4) is 11.5 Å². The third kappa shape index (κ3) is 2.95. The van der Waals surface area contributed by atoms with Crippen molar-refractivity contribution in [3.63, 3.8) is 0 Å². The van der Waals surface area contributed by atoms with Crippen molar-refractivity contribution in [3.05, 3.63) is 17.7 Å². The number of piperidine rings is 1. The number of nitrogens with one attached hydrogen (secondary N) is 1. The lowest BCUT2D eigenvalue weighted by Crippen LogP contribution is -2.28. The fourth-order valence-electron chi connectivity index (χ4n) is 3.55. The molecule has 2 aliphatic rings. The van der Waals surface area contributed by atoms with Crippen molar-refractivity contribution >= 4 is 5.69 Å². The summed E-state index contributed by atoms with van der Waals surface area (Å²) in [5, 5.41) is 3.49. The zero-order valence-corrected chi connectivity index (χ0v) is 13.2. The summed E-state index contributed by atoms with van der Waals surface area (Å²) in [5.74, 6) is 2.51. The van der Waals surface area contributed by atoms with Gasteiger partial charge in [0.25, 0.3) is 0 Å². The monoisotopic (exact) mass is 290 g/mol. The van der Waals surface area contributed by atoms with Crippen LogP contribution in [0.2, 0.25) is 0 Å². The van der Waals surface area contributed by atoms with Crippen LogP contribution in [-0.2, 0) is 0 Å². The fraction of sp³-hybridized carbons (Fsp3) is 0.647. The molecule has 2 fully saturated rings. The summed E-state index contributed by atoms with van der Waals surface area (Å²) in [6, 6.07) is 4.37. The molecule has 1 N–H and O–H groups in total. The lowest BCUT2D eigenvalue weighted by molar-refractivity contribution is 0.384. The first kappa shape index (κ1) is 14.5. The molecular formula is C17H26N2O2. The van der Waals surface area contributed by atoms with Crippen LogP contribution in [0.1, 0.15) is 37.2 Å². The molecular weight excluding hydrogens is 264 g/mol. The Balaban J connectivity index is 1.96. The Kier molecular flexibility index (Phi) is 4.54. The van der Waals surface area contributed by atoms with Crippen molar-refractivity contribution in [2.24, 2.45) is 0 Å². The number of benzene rings is 1. The second kappa shape index (κ2) is 6.56. The molecule has 21 heavy (non-hydrogen) atoms. The molecule has 0 aromatic heterocycles. The van der Waals surface area contributed by atoms with Gasteiger partial charge in [-0.1, -0.05) is 0 Å². The van der Waals surface area contributed by atoms with Gasteiger partial charge in [-0.15, -0.1) is 0 Å². The number of rotatable bonds is 4. The Morgan fingerprint density at radius 2 is 1.81 bits per heavy atom. The average molecular weight is 290 g/mol. The number of ether oxygens (including phenoxy) is 2. The molecule has 0 aliphatic carbocycles. The summed E-state index contributed by atoms with van der Waals surface area (Å²) in [7, 11) is 3.54. The van der Waals surface area contributed by atoms with Crippen LogP contribution in [0.4, 0.5) is 5.69 Å². The maximum absolute atomic E-state index is 5.69. The van der Waals surface area contributed by atoms with E-state index in [0.29, 0.717) is 5.92 Å². The van der Waals surface area contributed by atoms with E-state index in [1.807, 2.05) is 0 Å². The summed E-state index contributed by atoms with van der Waals surface area (Å²) in [6.07, 6.45) is 4.97. The number of nitrogens with zero attached hydrogens (tertiary/aromatic N) is 1. The van der Waals surface area contributed by atoms with E-state index in [1.54, 1.807) is 14.2 Å².